The Morgan fingerprint density at radius 1 is 1.03 bits per heavy atom. The van der Waals surface area contributed by atoms with Crippen LogP contribution < -0.4 is 9.62 Å². The van der Waals surface area contributed by atoms with Gasteiger partial charge >= 0.3 is 0 Å². The number of ketones is 1. The number of anilines is 1. The highest BCUT2D eigenvalue weighted by atomic mass is 32.2. The van der Waals surface area contributed by atoms with Crippen LogP contribution in [0.4, 0.5) is 5.69 Å². The van der Waals surface area contributed by atoms with Gasteiger partial charge in [0.05, 0.1) is 11.9 Å². The second-order valence-corrected chi connectivity index (χ2v) is 11.3. The van der Waals surface area contributed by atoms with Crippen LogP contribution in [0, 0.1) is 12.8 Å². The Balaban J connectivity index is 2.47. The fraction of sp³-hybridized carbons (Fsp3) is 0.444. The summed E-state index contributed by atoms with van der Waals surface area (Å²) in [6.45, 7) is 9.23. The Kier molecular flexibility index (Phi) is 10.2. The van der Waals surface area contributed by atoms with Crippen molar-refractivity contribution in [3.63, 3.8) is 0 Å². The first-order chi connectivity index (χ1) is 16.8. The summed E-state index contributed by atoms with van der Waals surface area (Å²) in [5, 5.41) is 2.90. The first kappa shape index (κ1) is 29.0. The predicted octanol–water partition coefficient (Wildman–Crippen LogP) is 3.54. The predicted molar refractivity (Wildman–Crippen MR) is 142 cm³/mol. The molecule has 0 bridgehead atoms. The van der Waals surface area contributed by atoms with Crippen molar-refractivity contribution in [2.45, 2.75) is 53.6 Å². The van der Waals surface area contributed by atoms with E-state index < -0.39 is 28.5 Å². The van der Waals surface area contributed by atoms with Gasteiger partial charge in [0.25, 0.3) is 0 Å². The molecule has 2 amide bonds. The quantitative estimate of drug-likeness (QED) is 0.436. The summed E-state index contributed by atoms with van der Waals surface area (Å²) in [4.78, 5) is 40.1. The van der Waals surface area contributed by atoms with Gasteiger partial charge in [-0.1, -0.05) is 57.2 Å². The van der Waals surface area contributed by atoms with Gasteiger partial charge in [-0.25, -0.2) is 8.42 Å². The van der Waals surface area contributed by atoms with Crippen LogP contribution in [-0.4, -0.2) is 56.3 Å². The molecule has 0 aliphatic carbocycles. The number of aryl methyl sites for hydroxylation is 1. The van der Waals surface area contributed by atoms with E-state index in [9.17, 15) is 22.8 Å². The molecule has 2 aromatic carbocycles. The normalized spacial score (nSPS) is 12.2. The van der Waals surface area contributed by atoms with E-state index in [1.807, 2.05) is 52.0 Å². The molecule has 0 fully saturated rings. The molecule has 196 valence electrons. The summed E-state index contributed by atoms with van der Waals surface area (Å²) in [5.74, 6) is -0.770. The third-order valence-corrected chi connectivity index (χ3v) is 7.03. The molecular formula is C27H37N3O5S. The third-order valence-electron chi connectivity index (χ3n) is 5.89. The Labute approximate surface area is 214 Å². The van der Waals surface area contributed by atoms with Gasteiger partial charge in [0, 0.05) is 18.7 Å². The van der Waals surface area contributed by atoms with Gasteiger partial charge in [-0.2, -0.15) is 0 Å². The van der Waals surface area contributed by atoms with Crippen LogP contribution in [0.25, 0.3) is 0 Å². The number of nitrogens with zero attached hydrogens (tertiary/aromatic N) is 2. The molecule has 0 spiro atoms. The lowest BCUT2D eigenvalue weighted by Crippen LogP contribution is -2.52. The van der Waals surface area contributed by atoms with E-state index in [-0.39, 0.29) is 29.8 Å². The van der Waals surface area contributed by atoms with Crippen LogP contribution in [0.15, 0.2) is 48.5 Å². The molecule has 1 atom stereocenters. The van der Waals surface area contributed by atoms with E-state index in [1.54, 1.807) is 18.2 Å². The van der Waals surface area contributed by atoms with Crippen molar-refractivity contribution >= 4 is 33.3 Å². The number of carbonyl (C=O) groups is 3. The second-order valence-electron chi connectivity index (χ2n) is 9.39. The summed E-state index contributed by atoms with van der Waals surface area (Å²) in [6.07, 6.45) is 1.37. The summed E-state index contributed by atoms with van der Waals surface area (Å²) < 4.78 is 26.4. The van der Waals surface area contributed by atoms with Gasteiger partial charge in [-0.3, -0.25) is 18.7 Å². The zero-order valence-corrected chi connectivity index (χ0v) is 22.8. The summed E-state index contributed by atoms with van der Waals surface area (Å²) in [5.41, 5.74) is 2.38. The Hall–Kier alpha value is -3.20. The zero-order valence-electron chi connectivity index (χ0n) is 21.9. The van der Waals surface area contributed by atoms with E-state index in [2.05, 4.69) is 5.32 Å². The fourth-order valence-electron chi connectivity index (χ4n) is 3.81. The van der Waals surface area contributed by atoms with Crippen LogP contribution in [0.5, 0.6) is 0 Å². The van der Waals surface area contributed by atoms with Crippen molar-refractivity contribution in [1.82, 2.24) is 10.2 Å². The van der Waals surface area contributed by atoms with Crippen molar-refractivity contribution in [2.75, 3.05) is 23.7 Å². The highest BCUT2D eigenvalue weighted by molar-refractivity contribution is 7.92. The van der Waals surface area contributed by atoms with Gasteiger partial charge in [-0.05, 0) is 49.4 Å². The molecule has 0 aliphatic heterocycles. The number of sulfonamides is 1. The van der Waals surface area contributed by atoms with E-state index in [1.165, 1.54) is 17.9 Å². The number of nitrogens with one attached hydrogen (secondary N) is 1. The highest BCUT2D eigenvalue weighted by Crippen LogP contribution is 2.22. The van der Waals surface area contributed by atoms with Crippen LogP contribution in [-0.2, 0) is 26.2 Å². The van der Waals surface area contributed by atoms with Gasteiger partial charge in [0.1, 0.15) is 12.6 Å². The Morgan fingerprint density at radius 2 is 1.69 bits per heavy atom. The van der Waals surface area contributed by atoms with Gasteiger partial charge in [-0.15, -0.1) is 0 Å². The molecule has 0 saturated carbocycles. The van der Waals surface area contributed by atoms with E-state index in [0.29, 0.717) is 18.5 Å². The van der Waals surface area contributed by atoms with Gasteiger partial charge in [0.15, 0.2) is 5.78 Å². The van der Waals surface area contributed by atoms with Crippen LogP contribution >= 0.6 is 0 Å². The summed E-state index contributed by atoms with van der Waals surface area (Å²) >= 11 is 0. The summed E-state index contributed by atoms with van der Waals surface area (Å²) in [6, 6.07) is 13.0. The number of Topliss-reactive ketones (excluding diaryl/α,β-unsaturated/α-hetero) is 1. The molecular weight excluding hydrogens is 478 g/mol. The molecule has 0 heterocycles. The van der Waals surface area contributed by atoms with Gasteiger partial charge < -0.3 is 10.2 Å². The molecule has 9 heteroatoms. The van der Waals surface area contributed by atoms with Crippen molar-refractivity contribution in [3.05, 3.63) is 65.2 Å². The molecule has 0 unspecified atom stereocenters. The minimum atomic E-state index is -3.87. The smallest absolute Gasteiger partial charge is 0.244 e. The zero-order chi connectivity index (χ0) is 27.0. The monoisotopic (exact) mass is 515 g/mol. The number of hydrogen-bond donors (Lipinski definition) is 1. The fourth-order valence-corrected chi connectivity index (χ4v) is 4.65. The van der Waals surface area contributed by atoms with Gasteiger partial charge in [0.2, 0.25) is 21.8 Å². The minimum absolute atomic E-state index is 0.157. The van der Waals surface area contributed by atoms with Crippen molar-refractivity contribution in [1.29, 1.82) is 0 Å². The average molecular weight is 516 g/mol. The molecule has 2 rings (SSSR count). The minimum Gasteiger partial charge on any atom is -0.354 e. The number of amides is 2. The molecule has 1 N–H and O–H groups in total. The SMILES string of the molecule is CC[C@@H](C(=O)NCC(C)C)N(Cc1ccccc1C)C(=O)CN(c1cccc(C(C)=O)c1)S(C)(=O)=O. The van der Waals surface area contributed by atoms with E-state index in [0.717, 1.165) is 21.7 Å². The molecule has 0 radical (unpaired) electrons. The lowest BCUT2D eigenvalue weighted by molar-refractivity contribution is -0.140. The molecule has 36 heavy (non-hydrogen) atoms. The number of rotatable bonds is 12. The maximum atomic E-state index is 13.7. The van der Waals surface area contributed by atoms with E-state index >= 15 is 0 Å². The molecule has 0 aliphatic rings. The first-order valence-electron chi connectivity index (χ1n) is 12.1. The molecule has 2 aromatic rings. The lowest BCUT2D eigenvalue weighted by atomic mass is 10.1. The standard InChI is InChI=1S/C27H37N3O5S/c1-7-25(27(33)28-16-19(2)3)29(17-23-12-9-8-11-20(23)4)26(32)18-30(36(6,34)35)24-14-10-13-22(15-24)21(5)31/h8-15,19,25H,7,16-18H2,1-6H3,(H,28,33)/t25-/m0/s1. The number of benzene rings is 2. The molecule has 8 nitrogen and oxygen atoms in total. The topological polar surface area (TPSA) is 104 Å². The number of hydrogen-bond acceptors (Lipinski definition) is 5. The largest absolute Gasteiger partial charge is 0.354 e. The van der Waals surface area contributed by atoms with Crippen molar-refractivity contribution in [3.8, 4) is 0 Å². The maximum Gasteiger partial charge on any atom is 0.244 e. The highest BCUT2D eigenvalue weighted by Gasteiger charge is 2.32. The van der Waals surface area contributed by atoms with Crippen molar-refractivity contribution < 1.29 is 22.8 Å². The third kappa shape index (κ3) is 7.91. The lowest BCUT2D eigenvalue weighted by Gasteiger charge is -2.33. The van der Waals surface area contributed by atoms with Crippen LogP contribution in [0.3, 0.4) is 0 Å². The second kappa shape index (κ2) is 12.7. The first-order valence-corrected chi connectivity index (χ1v) is 13.9. The maximum absolute atomic E-state index is 13.7. The van der Waals surface area contributed by atoms with Crippen molar-refractivity contribution in [2.24, 2.45) is 5.92 Å². The average Bonchev–Trinajstić information content (AvgIpc) is 2.81. The number of carbonyl (C=O) groups excluding carboxylic acids is 3. The van der Waals surface area contributed by atoms with E-state index in [4.69, 9.17) is 0 Å². The summed E-state index contributed by atoms with van der Waals surface area (Å²) in [7, 11) is -3.87. The molecule has 0 saturated heterocycles. The van der Waals surface area contributed by atoms with Crippen LogP contribution in [0.2, 0.25) is 0 Å². The Bertz CT molecular complexity index is 1190. The Morgan fingerprint density at radius 3 is 2.25 bits per heavy atom. The molecule has 0 aromatic heterocycles. The van der Waals surface area contributed by atoms with Crippen LogP contribution in [0.1, 0.15) is 55.6 Å².